The molecule has 0 aliphatic carbocycles. The molecule has 1 heterocycles. The number of rotatable bonds is 5. The third-order valence-electron chi connectivity index (χ3n) is 10.6. The van der Waals surface area contributed by atoms with Gasteiger partial charge in [-0.1, -0.05) is 152 Å². The molecule has 0 saturated carbocycles. The third kappa shape index (κ3) is 5.10. The van der Waals surface area contributed by atoms with Crippen LogP contribution in [-0.2, 0) is 0 Å². The third-order valence-corrected chi connectivity index (χ3v) is 10.6. The lowest BCUT2D eigenvalue weighted by Gasteiger charge is -2.19. The minimum atomic E-state index is 0.651. The van der Waals surface area contributed by atoms with Gasteiger partial charge in [0, 0.05) is 16.5 Å². The standard InChI is InChI=1S/C51H32N2/c52-33-34-21-25-42-43-26-22-40(32-49(43)53(48(42)29-34)41-19-11-4-12-20-41)39-24-28-45-47(31-39)51(37-17-9-3-10-18-37)44-27-23-38(35-13-5-1-6-14-35)30-46(44)50(45)36-15-7-2-8-16-36/h1-32H. The number of hydrogen-bond donors (Lipinski definition) is 0. The van der Waals surface area contributed by atoms with Crippen molar-refractivity contribution in [2.24, 2.45) is 0 Å². The van der Waals surface area contributed by atoms with Gasteiger partial charge in [-0.2, -0.15) is 5.26 Å². The molecule has 9 aromatic carbocycles. The number of hydrogen-bond acceptors (Lipinski definition) is 1. The molecule has 53 heavy (non-hydrogen) atoms. The molecule has 0 atom stereocenters. The van der Waals surface area contributed by atoms with E-state index in [2.05, 4.69) is 187 Å². The van der Waals surface area contributed by atoms with Crippen LogP contribution in [0.5, 0.6) is 0 Å². The zero-order chi connectivity index (χ0) is 35.3. The summed E-state index contributed by atoms with van der Waals surface area (Å²) in [4.78, 5) is 0. The van der Waals surface area contributed by atoms with Gasteiger partial charge in [0.25, 0.3) is 0 Å². The SMILES string of the molecule is N#Cc1ccc2c3ccc(-c4ccc5c(-c6ccccc6)c6cc(-c7ccccc7)ccc6c(-c6ccccc6)c5c4)cc3n(-c3ccccc3)c2c1. The van der Waals surface area contributed by atoms with Crippen LogP contribution in [0, 0.1) is 11.3 Å². The van der Waals surface area contributed by atoms with Crippen molar-refractivity contribution in [2.75, 3.05) is 0 Å². The Morgan fingerprint density at radius 2 is 0.736 bits per heavy atom. The van der Waals surface area contributed by atoms with Crippen LogP contribution in [-0.4, -0.2) is 4.57 Å². The van der Waals surface area contributed by atoms with Crippen molar-refractivity contribution >= 4 is 43.4 Å². The lowest BCUT2D eigenvalue weighted by Crippen LogP contribution is -1.94. The van der Waals surface area contributed by atoms with Gasteiger partial charge in [-0.25, -0.2) is 0 Å². The number of benzene rings is 9. The summed E-state index contributed by atoms with van der Waals surface area (Å²) in [5.74, 6) is 0. The van der Waals surface area contributed by atoms with Gasteiger partial charge >= 0.3 is 0 Å². The van der Waals surface area contributed by atoms with Crippen molar-refractivity contribution in [3.05, 3.63) is 200 Å². The number of fused-ring (bicyclic) bond motifs is 5. The summed E-state index contributed by atoms with van der Waals surface area (Å²) in [6.07, 6.45) is 0. The summed E-state index contributed by atoms with van der Waals surface area (Å²) >= 11 is 0. The fourth-order valence-electron chi connectivity index (χ4n) is 8.17. The lowest BCUT2D eigenvalue weighted by molar-refractivity contribution is 1.18. The predicted molar refractivity (Wildman–Crippen MR) is 222 cm³/mol. The van der Waals surface area contributed by atoms with Crippen LogP contribution in [0.1, 0.15) is 5.56 Å². The van der Waals surface area contributed by atoms with Crippen LogP contribution in [0.4, 0.5) is 0 Å². The molecule has 0 spiro atoms. The number of para-hydroxylation sites is 1. The average molecular weight is 673 g/mol. The van der Waals surface area contributed by atoms with E-state index in [1.54, 1.807) is 0 Å². The van der Waals surface area contributed by atoms with Crippen molar-refractivity contribution in [2.45, 2.75) is 0 Å². The van der Waals surface area contributed by atoms with Crippen LogP contribution in [0.3, 0.4) is 0 Å². The van der Waals surface area contributed by atoms with Gasteiger partial charge in [-0.05, 0) is 109 Å². The Hall–Kier alpha value is -7.21. The first-order valence-corrected chi connectivity index (χ1v) is 18.0. The van der Waals surface area contributed by atoms with Crippen LogP contribution in [0.15, 0.2) is 194 Å². The van der Waals surface area contributed by atoms with Gasteiger partial charge in [0.1, 0.15) is 0 Å². The zero-order valence-corrected chi connectivity index (χ0v) is 28.9. The molecule has 0 aliphatic heterocycles. The maximum Gasteiger partial charge on any atom is 0.0992 e. The summed E-state index contributed by atoms with van der Waals surface area (Å²) in [5.41, 5.74) is 13.4. The molecule has 2 heteroatoms. The average Bonchev–Trinajstić information content (AvgIpc) is 3.56. The molecule has 0 N–H and O–H groups in total. The van der Waals surface area contributed by atoms with Gasteiger partial charge in [0.05, 0.1) is 22.7 Å². The van der Waals surface area contributed by atoms with Crippen LogP contribution >= 0.6 is 0 Å². The molecule has 246 valence electrons. The van der Waals surface area contributed by atoms with Crippen molar-refractivity contribution in [3.63, 3.8) is 0 Å². The Morgan fingerprint density at radius 3 is 1.26 bits per heavy atom. The minimum Gasteiger partial charge on any atom is -0.309 e. The summed E-state index contributed by atoms with van der Waals surface area (Å²) in [6.45, 7) is 0. The quantitative estimate of drug-likeness (QED) is 0.167. The van der Waals surface area contributed by atoms with E-state index >= 15 is 0 Å². The lowest BCUT2D eigenvalue weighted by atomic mass is 9.84. The second-order valence-electron chi connectivity index (χ2n) is 13.6. The predicted octanol–water partition coefficient (Wildman–Crippen LogP) is 13.6. The highest BCUT2D eigenvalue weighted by Gasteiger charge is 2.19. The van der Waals surface area contributed by atoms with E-state index in [1.165, 1.54) is 54.9 Å². The van der Waals surface area contributed by atoms with Crippen LogP contribution in [0.2, 0.25) is 0 Å². The minimum absolute atomic E-state index is 0.651. The topological polar surface area (TPSA) is 28.7 Å². The van der Waals surface area contributed by atoms with Crippen LogP contribution in [0.25, 0.3) is 93.5 Å². The second kappa shape index (κ2) is 12.5. The van der Waals surface area contributed by atoms with E-state index in [0.717, 1.165) is 38.6 Å². The smallest absolute Gasteiger partial charge is 0.0992 e. The first-order chi connectivity index (χ1) is 26.2. The molecule has 10 rings (SSSR count). The van der Waals surface area contributed by atoms with Crippen LogP contribution < -0.4 is 0 Å². The number of nitrogens with zero attached hydrogens (tertiary/aromatic N) is 2. The van der Waals surface area contributed by atoms with E-state index < -0.39 is 0 Å². The first-order valence-electron chi connectivity index (χ1n) is 18.0. The Bertz CT molecular complexity index is 3030. The Labute approximate surface area is 308 Å². The van der Waals surface area contributed by atoms with Crippen molar-refractivity contribution in [3.8, 4) is 56.3 Å². The molecule has 0 unspecified atom stereocenters. The molecule has 0 fully saturated rings. The number of nitriles is 1. The molecule has 0 saturated heterocycles. The fraction of sp³-hybridized carbons (Fsp3) is 0. The van der Waals surface area contributed by atoms with Gasteiger partial charge in [-0.3, -0.25) is 0 Å². The molecular weight excluding hydrogens is 641 g/mol. The maximum absolute atomic E-state index is 9.78. The maximum atomic E-state index is 9.78. The molecule has 10 aromatic rings. The van der Waals surface area contributed by atoms with Gasteiger partial charge in [-0.15, -0.1) is 0 Å². The molecule has 0 radical (unpaired) electrons. The Balaban J connectivity index is 1.27. The normalized spacial score (nSPS) is 11.4. The van der Waals surface area contributed by atoms with E-state index in [0.29, 0.717) is 5.56 Å². The highest BCUT2D eigenvalue weighted by atomic mass is 15.0. The summed E-state index contributed by atoms with van der Waals surface area (Å²) < 4.78 is 2.29. The van der Waals surface area contributed by atoms with E-state index in [1.807, 2.05) is 18.2 Å². The van der Waals surface area contributed by atoms with Gasteiger partial charge in [0.15, 0.2) is 0 Å². The fourth-order valence-corrected chi connectivity index (χ4v) is 8.17. The molecule has 0 aliphatic rings. The van der Waals surface area contributed by atoms with E-state index in [-0.39, 0.29) is 0 Å². The number of aromatic nitrogens is 1. The summed E-state index contributed by atoms with van der Waals surface area (Å²) in [6, 6.07) is 71.8. The summed E-state index contributed by atoms with van der Waals surface area (Å²) in [7, 11) is 0. The molecule has 1 aromatic heterocycles. The highest BCUT2D eigenvalue weighted by molar-refractivity contribution is 6.22. The largest absolute Gasteiger partial charge is 0.309 e. The van der Waals surface area contributed by atoms with Gasteiger partial charge < -0.3 is 4.57 Å². The Kier molecular flexibility index (Phi) is 7.23. The molecule has 2 nitrogen and oxygen atoms in total. The van der Waals surface area contributed by atoms with E-state index in [9.17, 15) is 5.26 Å². The summed E-state index contributed by atoms with van der Waals surface area (Å²) in [5, 5.41) is 17.0. The van der Waals surface area contributed by atoms with Gasteiger partial charge in [0.2, 0.25) is 0 Å². The second-order valence-corrected chi connectivity index (χ2v) is 13.6. The highest BCUT2D eigenvalue weighted by Crippen LogP contribution is 2.46. The first kappa shape index (κ1) is 30.6. The molecule has 0 bridgehead atoms. The van der Waals surface area contributed by atoms with Crippen molar-refractivity contribution in [1.29, 1.82) is 5.26 Å². The molecular formula is C51H32N2. The van der Waals surface area contributed by atoms with Crippen molar-refractivity contribution < 1.29 is 0 Å². The molecule has 0 amide bonds. The monoisotopic (exact) mass is 672 g/mol. The van der Waals surface area contributed by atoms with E-state index in [4.69, 9.17) is 0 Å². The Morgan fingerprint density at radius 1 is 0.321 bits per heavy atom. The van der Waals surface area contributed by atoms with Crippen molar-refractivity contribution in [1.82, 2.24) is 4.57 Å². The zero-order valence-electron chi connectivity index (χ0n) is 28.9.